The van der Waals surface area contributed by atoms with Crippen molar-refractivity contribution in [2.75, 3.05) is 12.1 Å². The van der Waals surface area contributed by atoms with Gasteiger partial charge in [-0.3, -0.25) is 10.1 Å². The summed E-state index contributed by atoms with van der Waals surface area (Å²) in [6.45, 7) is 0.389. The number of carbonyl (C=O) groups excluding carboxylic acids is 1. The van der Waals surface area contributed by atoms with E-state index in [1.165, 1.54) is 0 Å². The number of aromatic nitrogens is 2. The summed E-state index contributed by atoms with van der Waals surface area (Å²) in [5.41, 5.74) is 1.74. The summed E-state index contributed by atoms with van der Waals surface area (Å²) in [5.74, 6) is 2.74. The standard InChI is InChI=1S/C21H17N3O5/c1-24-16-5-3-2-4-15(16)22-21(24)23-20(25)18-9-7-14(29-18)11-26-13-6-8-17-19(10-13)28-12-27-17/h2-10H,11-12H2,1H3,(H,22,23,25). The van der Waals surface area contributed by atoms with E-state index in [0.29, 0.717) is 29.0 Å². The van der Waals surface area contributed by atoms with Crippen LogP contribution in [-0.4, -0.2) is 22.3 Å². The van der Waals surface area contributed by atoms with E-state index in [0.717, 1.165) is 11.0 Å². The van der Waals surface area contributed by atoms with Crippen molar-refractivity contribution in [2.45, 2.75) is 6.61 Å². The van der Waals surface area contributed by atoms with Gasteiger partial charge in [0.15, 0.2) is 17.3 Å². The number of fused-ring (bicyclic) bond motifs is 2. The molecule has 29 heavy (non-hydrogen) atoms. The molecule has 1 N–H and O–H groups in total. The van der Waals surface area contributed by atoms with Crippen LogP contribution in [0.5, 0.6) is 17.2 Å². The summed E-state index contributed by atoms with van der Waals surface area (Å²) in [7, 11) is 1.84. The number of furan rings is 1. The minimum Gasteiger partial charge on any atom is -0.486 e. The molecule has 0 spiro atoms. The van der Waals surface area contributed by atoms with Gasteiger partial charge in [0.05, 0.1) is 11.0 Å². The van der Waals surface area contributed by atoms with Crippen LogP contribution >= 0.6 is 0 Å². The van der Waals surface area contributed by atoms with Gasteiger partial charge in [0.25, 0.3) is 5.91 Å². The molecular formula is C21H17N3O5. The molecular weight excluding hydrogens is 374 g/mol. The molecule has 1 amide bonds. The maximum atomic E-state index is 12.5. The van der Waals surface area contributed by atoms with Gasteiger partial charge in [0, 0.05) is 13.1 Å². The van der Waals surface area contributed by atoms with Gasteiger partial charge in [-0.25, -0.2) is 4.98 Å². The highest BCUT2D eigenvalue weighted by atomic mass is 16.7. The van der Waals surface area contributed by atoms with Crippen molar-refractivity contribution in [2.24, 2.45) is 7.05 Å². The van der Waals surface area contributed by atoms with E-state index in [2.05, 4.69) is 10.3 Å². The Bertz CT molecular complexity index is 1210. The van der Waals surface area contributed by atoms with Crippen LogP contribution in [0.15, 0.2) is 59.0 Å². The van der Waals surface area contributed by atoms with Crippen molar-refractivity contribution in [3.8, 4) is 17.2 Å². The van der Waals surface area contributed by atoms with Crippen molar-refractivity contribution in [1.82, 2.24) is 9.55 Å². The molecule has 8 heteroatoms. The number of hydrogen-bond donors (Lipinski definition) is 1. The second-order valence-corrected chi connectivity index (χ2v) is 6.51. The quantitative estimate of drug-likeness (QED) is 0.558. The number of aryl methyl sites for hydroxylation is 1. The number of para-hydroxylation sites is 2. The molecule has 5 rings (SSSR count). The van der Waals surface area contributed by atoms with E-state index in [4.69, 9.17) is 18.6 Å². The largest absolute Gasteiger partial charge is 0.486 e. The SMILES string of the molecule is Cn1c(NC(=O)c2ccc(COc3ccc4c(c3)OCO4)o2)nc2ccccc21. The average molecular weight is 391 g/mol. The molecule has 2 aromatic carbocycles. The Hall–Kier alpha value is -3.94. The molecule has 4 aromatic rings. The van der Waals surface area contributed by atoms with E-state index < -0.39 is 0 Å². The topological polar surface area (TPSA) is 87.8 Å². The molecule has 1 aliphatic heterocycles. The second-order valence-electron chi connectivity index (χ2n) is 6.51. The molecule has 0 saturated carbocycles. The van der Waals surface area contributed by atoms with Gasteiger partial charge < -0.3 is 23.2 Å². The number of rotatable bonds is 5. The minimum absolute atomic E-state index is 0.180. The van der Waals surface area contributed by atoms with E-state index in [9.17, 15) is 4.79 Å². The molecule has 8 nitrogen and oxygen atoms in total. The fraction of sp³-hybridized carbons (Fsp3) is 0.143. The van der Waals surface area contributed by atoms with Gasteiger partial charge in [-0.2, -0.15) is 0 Å². The number of ether oxygens (including phenoxy) is 3. The highest BCUT2D eigenvalue weighted by molar-refractivity contribution is 6.02. The zero-order valence-corrected chi connectivity index (χ0v) is 15.5. The zero-order chi connectivity index (χ0) is 19.8. The van der Waals surface area contributed by atoms with E-state index >= 15 is 0 Å². The number of nitrogens with zero attached hydrogens (tertiary/aromatic N) is 2. The van der Waals surface area contributed by atoms with Crippen LogP contribution in [0, 0.1) is 0 Å². The summed E-state index contributed by atoms with van der Waals surface area (Å²) < 4.78 is 23.7. The number of amides is 1. The predicted octanol–water partition coefficient (Wildman–Crippen LogP) is 3.73. The van der Waals surface area contributed by atoms with Gasteiger partial charge in [0.2, 0.25) is 12.7 Å². The van der Waals surface area contributed by atoms with Crippen molar-refractivity contribution in [3.05, 3.63) is 66.1 Å². The third-order valence-electron chi connectivity index (χ3n) is 4.62. The van der Waals surface area contributed by atoms with Crippen molar-refractivity contribution < 1.29 is 23.4 Å². The number of nitrogens with one attached hydrogen (secondary N) is 1. The number of imidazole rings is 1. The lowest BCUT2D eigenvalue weighted by Gasteiger charge is -2.05. The molecule has 146 valence electrons. The van der Waals surface area contributed by atoms with Crippen LogP contribution in [0.2, 0.25) is 0 Å². The first-order chi connectivity index (χ1) is 14.2. The first-order valence-corrected chi connectivity index (χ1v) is 9.01. The van der Waals surface area contributed by atoms with Crippen molar-refractivity contribution >= 4 is 22.9 Å². The van der Waals surface area contributed by atoms with Gasteiger partial charge >= 0.3 is 0 Å². The van der Waals surface area contributed by atoms with Crippen LogP contribution < -0.4 is 19.5 Å². The Labute approximate surface area is 165 Å². The summed E-state index contributed by atoms with van der Waals surface area (Å²) in [6.07, 6.45) is 0. The van der Waals surface area contributed by atoms with Crippen LogP contribution in [-0.2, 0) is 13.7 Å². The summed E-state index contributed by atoms with van der Waals surface area (Å²) in [4.78, 5) is 17.0. The fourth-order valence-electron chi connectivity index (χ4n) is 3.12. The highest BCUT2D eigenvalue weighted by Gasteiger charge is 2.17. The summed E-state index contributed by atoms with van der Waals surface area (Å²) >= 11 is 0. The molecule has 0 radical (unpaired) electrons. The van der Waals surface area contributed by atoms with E-state index in [-0.39, 0.29) is 25.1 Å². The summed E-state index contributed by atoms with van der Waals surface area (Å²) in [6, 6.07) is 16.3. The maximum Gasteiger partial charge on any atom is 0.293 e. The molecule has 0 atom stereocenters. The molecule has 3 heterocycles. The lowest BCUT2D eigenvalue weighted by Crippen LogP contribution is -2.14. The lowest BCUT2D eigenvalue weighted by molar-refractivity contribution is 0.0991. The van der Waals surface area contributed by atoms with Crippen LogP contribution in [0.4, 0.5) is 5.95 Å². The Kier molecular flexibility index (Phi) is 4.09. The third-order valence-corrected chi connectivity index (χ3v) is 4.62. The minimum atomic E-state index is -0.377. The molecule has 0 aliphatic carbocycles. The average Bonchev–Trinajstić information content (AvgIpc) is 3.46. The van der Waals surface area contributed by atoms with Crippen molar-refractivity contribution in [3.63, 3.8) is 0 Å². The number of benzene rings is 2. The number of carbonyl (C=O) groups is 1. The van der Waals surface area contributed by atoms with Gasteiger partial charge in [-0.15, -0.1) is 0 Å². The molecule has 1 aliphatic rings. The Morgan fingerprint density at radius 1 is 1.14 bits per heavy atom. The number of hydrogen-bond acceptors (Lipinski definition) is 6. The van der Waals surface area contributed by atoms with Crippen LogP contribution in [0.25, 0.3) is 11.0 Å². The lowest BCUT2D eigenvalue weighted by atomic mass is 10.3. The van der Waals surface area contributed by atoms with Crippen molar-refractivity contribution in [1.29, 1.82) is 0 Å². The Morgan fingerprint density at radius 3 is 2.90 bits per heavy atom. The van der Waals surface area contributed by atoms with E-state index in [1.807, 2.05) is 35.9 Å². The number of anilines is 1. The van der Waals surface area contributed by atoms with E-state index in [1.54, 1.807) is 30.3 Å². The molecule has 0 saturated heterocycles. The molecule has 2 aromatic heterocycles. The first-order valence-electron chi connectivity index (χ1n) is 9.01. The fourth-order valence-corrected chi connectivity index (χ4v) is 3.12. The smallest absolute Gasteiger partial charge is 0.293 e. The Balaban J connectivity index is 1.25. The van der Waals surface area contributed by atoms with Gasteiger partial charge in [-0.1, -0.05) is 12.1 Å². The highest BCUT2D eigenvalue weighted by Crippen LogP contribution is 2.35. The van der Waals surface area contributed by atoms with Crippen LogP contribution in [0.3, 0.4) is 0 Å². The van der Waals surface area contributed by atoms with Crippen LogP contribution in [0.1, 0.15) is 16.3 Å². The maximum absolute atomic E-state index is 12.5. The van der Waals surface area contributed by atoms with Gasteiger partial charge in [0.1, 0.15) is 18.1 Å². The molecule has 0 unspecified atom stereocenters. The Morgan fingerprint density at radius 2 is 2.00 bits per heavy atom. The second kappa shape index (κ2) is 6.90. The third kappa shape index (κ3) is 3.25. The zero-order valence-electron chi connectivity index (χ0n) is 15.5. The monoisotopic (exact) mass is 391 g/mol. The first kappa shape index (κ1) is 17.2. The molecule has 0 bridgehead atoms. The normalized spacial score (nSPS) is 12.3. The molecule has 0 fully saturated rings. The predicted molar refractivity (Wildman–Crippen MR) is 104 cm³/mol. The summed E-state index contributed by atoms with van der Waals surface area (Å²) in [5, 5.41) is 2.78. The van der Waals surface area contributed by atoms with Gasteiger partial charge in [-0.05, 0) is 36.4 Å².